The van der Waals surface area contributed by atoms with Gasteiger partial charge in [-0.25, -0.2) is 16.8 Å². The summed E-state index contributed by atoms with van der Waals surface area (Å²) in [6.07, 6.45) is 0. The maximum absolute atomic E-state index is 13.1. The second kappa shape index (κ2) is 11.1. The molecule has 8 nitrogen and oxygen atoms in total. The Morgan fingerprint density at radius 1 is 0.615 bits per heavy atom. The van der Waals surface area contributed by atoms with Gasteiger partial charge in [-0.1, -0.05) is 23.7 Å². The van der Waals surface area contributed by atoms with Crippen molar-refractivity contribution in [2.75, 3.05) is 14.8 Å². The fourth-order valence-electron chi connectivity index (χ4n) is 3.70. The SMILES string of the molecule is Cc1ccc(NS(=O)(=O)c2cc(C(=O)Nc3ccc(S(=O)(=O)Nc4ccc(Cl)cc4)cc3)ccc2C)cc1C. The Morgan fingerprint density at radius 2 is 1.18 bits per heavy atom. The number of hydrogen-bond acceptors (Lipinski definition) is 5. The molecule has 0 spiro atoms. The zero-order chi connectivity index (χ0) is 28.4. The molecule has 0 unspecified atom stereocenters. The highest BCUT2D eigenvalue weighted by atomic mass is 35.5. The van der Waals surface area contributed by atoms with Crippen LogP contribution in [0.25, 0.3) is 0 Å². The molecule has 4 aromatic rings. The van der Waals surface area contributed by atoms with Crippen LogP contribution in [0.4, 0.5) is 17.1 Å². The van der Waals surface area contributed by atoms with Crippen LogP contribution in [0.3, 0.4) is 0 Å². The Hall–Kier alpha value is -3.86. The van der Waals surface area contributed by atoms with E-state index in [0.717, 1.165) is 11.1 Å². The number of hydrogen-bond donors (Lipinski definition) is 3. The first kappa shape index (κ1) is 28.2. The molecule has 4 aromatic carbocycles. The van der Waals surface area contributed by atoms with Crippen molar-refractivity contribution in [1.82, 2.24) is 0 Å². The molecule has 0 radical (unpaired) electrons. The fraction of sp³-hybridized carbons (Fsp3) is 0.107. The molecule has 3 N–H and O–H groups in total. The lowest BCUT2D eigenvalue weighted by atomic mass is 10.1. The minimum absolute atomic E-state index is 0.00317. The number of nitrogens with one attached hydrogen (secondary N) is 3. The van der Waals surface area contributed by atoms with E-state index in [1.807, 2.05) is 19.9 Å². The molecule has 0 heterocycles. The van der Waals surface area contributed by atoms with E-state index in [4.69, 9.17) is 11.6 Å². The summed E-state index contributed by atoms with van der Waals surface area (Å²) < 4.78 is 56.6. The van der Waals surface area contributed by atoms with Crippen LogP contribution in [0.1, 0.15) is 27.0 Å². The van der Waals surface area contributed by atoms with E-state index in [-0.39, 0.29) is 15.4 Å². The number of amides is 1. The molecule has 39 heavy (non-hydrogen) atoms. The summed E-state index contributed by atoms with van der Waals surface area (Å²) in [7, 11) is -7.82. The van der Waals surface area contributed by atoms with Crippen LogP contribution in [-0.2, 0) is 20.0 Å². The van der Waals surface area contributed by atoms with Crippen molar-refractivity contribution in [3.63, 3.8) is 0 Å². The monoisotopic (exact) mass is 583 g/mol. The van der Waals surface area contributed by atoms with Crippen molar-refractivity contribution in [3.05, 3.63) is 112 Å². The van der Waals surface area contributed by atoms with E-state index in [2.05, 4.69) is 14.8 Å². The van der Waals surface area contributed by atoms with Crippen LogP contribution in [-0.4, -0.2) is 22.7 Å². The molecule has 0 saturated heterocycles. The van der Waals surface area contributed by atoms with Gasteiger partial charge in [-0.15, -0.1) is 0 Å². The maximum atomic E-state index is 13.1. The van der Waals surface area contributed by atoms with Crippen LogP contribution >= 0.6 is 11.6 Å². The van der Waals surface area contributed by atoms with E-state index in [1.165, 1.54) is 36.4 Å². The number of aryl methyl sites for hydroxylation is 3. The molecule has 1 amide bonds. The highest BCUT2D eigenvalue weighted by Gasteiger charge is 2.20. The lowest BCUT2D eigenvalue weighted by Gasteiger charge is -2.13. The Bertz CT molecular complexity index is 1750. The zero-order valence-corrected chi connectivity index (χ0v) is 23.7. The third-order valence-corrected chi connectivity index (χ3v) is 9.19. The highest BCUT2D eigenvalue weighted by molar-refractivity contribution is 7.93. The number of anilines is 3. The first-order valence-corrected chi connectivity index (χ1v) is 15.1. The Balaban J connectivity index is 1.49. The number of benzene rings is 4. The van der Waals surface area contributed by atoms with E-state index in [9.17, 15) is 21.6 Å². The van der Waals surface area contributed by atoms with Crippen molar-refractivity contribution < 1.29 is 21.6 Å². The van der Waals surface area contributed by atoms with Gasteiger partial charge in [0.2, 0.25) is 0 Å². The molecule has 0 aliphatic rings. The second-order valence-corrected chi connectivity index (χ2v) is 12.7. The lowest BCUT2D eigenvalue weighted by Crippen LogP contribution is -2.17. The van der Waals surface area contributed by atoms with Crippen molar-refractivity contribution in [2.45, 2.75) is 30.6 Å². The number of rotatable bonds is 8. The first-order valence-electron chi connectivity index (χ1n) is 11.7. The fourth-order valence-corrected chi connectivity index (χ4v) is 6.20. The van der Waals surface area contributed by atoms with Gasteiger partial charge in [0, 0.05) is 27.6 Å². The molecule has 0 bridgehead atoms. The Morgan fingerprint density at radius 3 is 1.82 bits per heavy atom. The molecule has 0 saturated carbocycles. The molecule has 4 rings (SSSR count). The Labute approximate surface area is 233 Å². The van der Waals surface area contributed by atoms with Gasteiger partial charge in [0.1, 0.15) is 0 Å². The van der Waals surface area contributed by atoms with Gasteiger partial charge < -0.3 is 5.32 Å². The third kappa shape index (κ3) is 6.78. The minimum Gasteiger partial charge on any atom is -0.322 e. The summed E-state index contributed by atoms with van der Waals surface area (Å²) in [4.78, 5) is 12.9. The molecule has 0 aliphatic heterocycles. The molecule has 0 aromatic heterocycles. The van der Waals surface area contributed by atoms with Gasteiger partial charge in [-0.2, -0.15) is 0 Å². The summed E-state index contributed by atoms with van der Waals surface area (Å²) >= 11 is 5.84. The highest BCUT2D eigenvalue weighted by Crippen LogP contribution is 2.24. The van der Waals surface area contributed by atoms with E-state index in [0.29, 0.717) is 27.6 Å². The molecule has 0 fully saturated rings. The number of sulfonamides is 2. The Kier molecular flexibility index (Phi) is 8.01. The van der Waals surface area contributed by atoms with Gasteiger partial charge in [-0.05, 0) is 110 Å². The standard InChI is InChI=1S/C28H26ClN3O5S2/c1-18-5-9-25(16-20(18)3)32-39(36,37)27-17-21(6-4-19(27)2)28(33)30-23-12-14-26(15-13-23)38(34,35)31-24-10-7-22(29)8-11-24/h4-17,31-32H,1-3H3,(H,30,33). The molecule has 0 aliphatic carbocycles. The molecular formula is C28H26ClN3O5S2. The lowest BCUT2D eigenvalue weighted by molar-refractivity contribution is 0.102. The van der Waals surface area contributed by atoms with Gasteiger partial charge in [0.05, 0.1) is 9.79 Å². The van der Waals surface area contributed by atoms with Crippen LogP contribution < -0.4 is 14.8 Å². The number of carbonyl (C=O) groups excluding carboxylic acids is 1. The summed E-state index contributed by atoms with van der Waals surface area (Å²) in [6.45, 7) is 5.47. The molecule has 202 valence electrons. The zero-order valence-electron chi connectivity index (χ0n) is 21.3. The van der Waals surface area contributed by atoms with Gasteiger partial charge >= 0.3 is 0 Å². The topological polar surface area (TPSA) is 121 Å². The maximum Gasteiger partial charge on any atom is 0.262 e. The van der Waals surface area contributed by atoms with Crippen LogP contribution in [0.2, 0.25) is 5.02 Å². The molecular weight excluding hydrogens is 558 g/mol. The number of halogens is 1. The van der Waals surface area contributed by atoms with Crippen LogP contribution in [0.15, 0.2) is 94.7 Å². The van der Waals surface area contributed by atoms with Gasteiger partial charge in [0.15, 0.2) is 0 Å². The first-order chi connectivity index (χ1) is 18.3. The van der Waals surface area contributed by atoms with E-state index < -0.39 is 26.0 Å². The summed E-state index contributed by atoms with van der Waals surface area (Å²) in [6, 6.07) is 21.5. The van der Waals surface area contributed by atoms with Crippen molar-refractivity contribution in [2.24, 2.45) is 0 Å². The second-order valence-electron chi connectivity index (χ2n) is 8.98. The van der Waals surface area contributed by atoms with Crippen molar-refractivity contribution >= 4 is 54.6 Å². The molecule has 11 heteroatoms. The smallest absolute Gasteiger partial charge is 0.262 e. The van der Waals surface area contributed by atoms with Gasteiger partial charge in [0.25, 0.3) is 26.0 Å². The van der Waals surface area contributed by atoms with E-state index >= 15 is 0 Å². The molecule has 0 atom stereocenters. The summed E-state index contributed by atoms with van der Waals surface area (Å²) in [5.74, 6) is -0.549. The predicted octanol–water partition coefficient (Wildman–Crippen LogP) is 6.12. The average Bonchev–Trinajstić information content (AvgIpc) is 2.88. The van der Waals surface area contributed by atoms with Crippen LogP contribution in [0.5, 0.6) is 0 Å². The third-order valence-electron chi connectivity index (χ3n) is 6.02. The van der Waals surface area contributed by atoms with Gasteiger partial charge in [-0.3, -0.25) is 14.2 Å². The number of carbonyl (C=O) groups is 1. The normalized spacial score (nSPS) is 11.6. The van der Waals surface area contributed by atoms with Crippen molar-refractivity contribution in [3.8, 4) is 0 Å². The summed E-state index contributed by atoms with van der Waals surface area (Å²) in [5, 5.41) is 3.15. The van der Waals surface area contributed by atoms with E-state index in [1.54, 1.807) is 49.4 Å². The average molecular weight is 584 g/mol. The van der Waals surface area contributed by atoms with Crippen LogP contribution in [0, 0.1) is 20.8 Å². The largest absolute Gasteiger partial charge is 0.322 e. The van der Waals surface area contributed by atoms with Crippen molar-refractivity contribution in [1.29, 1.82) is 0 Å². The summed E-state index contributed by atoms with van der Waals surface area (Å²) in [5.41, 5.74) is 3.70. The quantitative estimate of drug-likeness (QED) is 0.231. The minimum atomic E-state index is -3.96. The predicted molar refractivity (Wildman–Crippen MR) is 155 cm³/mol.